The number of benzene rings is 2. The lowest BCUT2D eigenvalue weighted by atomic mass is 10.0. The van der Waals surface area contributed by atoms with Gasteiger partial charge in [-0.3, -0.25) is 14.6 Å². The van der Waals surface area contributed by atoms with Crippen molar-refractivity contribution in [1.29, 1.82) is 0 Å². The van der Waals surface area contributed by atoms with Gasteiger partial charge in [-0.05, 0) is 45.8 Å². The van der Waals surface area contributed by atoms with Gasteiger partial charge in [0.2, 0.25) is 0 Å². The molecular weight excluding hydrogens is 650 g/mol. The average molecular weight is 681 g/mol. The summed E-state index contributed by atoms with van der Waals surface area (Å²) in [6.07, 6.45) is 5.23. The smallest absolute Gasteiger partial charge is 0.269 e. The summed E-state index contributed by atoms with van der Waals surface area (Å²) in [5.74, 6) is 1.30. The number of aromatic nitrogens is 5. The third kappa shape index (κ3) is 6.74. The minimum atomic E-state index is -0.432. The summed E-state index contributed by atoms with van der Waals surface area (Å²) in [4.78, 5) is 37.1. The lowest BCUT2D eigenvalue weighted by Crippen LogP contribution is -2.27. The molecule has 45 heavy (non-hydrogen) atoms. The molecule has 0 N–H and O–H groups in total. The van der Waals surface area contributed by atoms with Crippen molar-refractivity contribution >= 4 is 38.0 Å². The highest BCUT2D eigenvalue weighted by Gasteiger charge is 2.21. The van der Waals surface area contributed by atoms with Gasteiger partial charge in [0.25, 0.3) is 11.1 Å². The summed E-state index contributed by atoms with van der Waals surface area (Å²) >= 11 is 3.44. The first-order valence-corrected chi connectivity index (χ1v) is 14.9. The van der Waals surface area contributed by atoms with Crippen molar-refractivity contribution in [3.63, 3.8) is 0 Å². The minimum Gasteiger partial charge on any atom is -0.497 e. The Bertz CT molecular complexity index is 1920. The summed E-state index contributed by atoms with van der Waals surface area (Å²) < 4.78 is 36.4. The summed E-state index contributed by atoms with van der Waals surface area (Å²) in [6.45, 7) is 2.81. The van der Waals surface area contributed by atoms with E-state index in [1.807, 2.05) is 30.3 Å². The molecule has 234 valence electrons. The highest BCUT2D eigenvalue weighted by Crippen LogP contribution is 2.31. The van der Waals surface area contributed by atoms with Crippen LogP contribution in [0.1, 0.15) is 0 Å². The van der Waals surface area contributed by atoms with Gasteiger partial charge >= 0.3 is 0 Å². The van der Waals surface area contributed by atoms with Crippen molar-refractivity contribution in [2.45, 2.75) is 25.7 Å². The molecule has 2 saturated heterocycles. The zero-order valence-corrected chi connectivity index (χ0v) is 26.1. The van der Waals surface area contributed by atoms with E-state index in [9.17, 15) is 9.59 Å². The van der Waals surface area contributed by atoms with Crippen LogP contribution >= 0.6 is 15.9 Å². The number of pyridine rings is 1. The molecule has 0 radical (unpaired) electrons. The van der Waals surface area contributed by atoms with Crippen molar-refractivity contribution in [3.05, 3.63) is 86.4 Å². The largest absolute Gasteiger partial charge is 0.497 e. The van der Waals surface area contributed by atoms with Crippen LogP contribution in [0.3, 0.4) is 0 Å². The fourth-order valence-electron chi connectivity index (χ4n) is 5.13. The van der Waals surface area contributed by atoms with E-state index in [0.29, 0.717) is 73.1 Å². The van der Waals surface area contributed by atoms with Gasteiger partial charge in [0.15, 0.2) is 12.6 Å². The minimum absolute atomic E-state index is 0.197. The number of fused-ring (bicyclic) bond motifs is 2. The molecule has 3 aromatic heterocycles. The van der Waals surface area contributed by atoms with Crippen LogP contribution < -0.4 is 20.6 Å². The van der Waals surface area contributed by atoms with Crippen LogP contribution in [0.2, 0.25) is 0 Å². The van der Waals surface area contributed by atoms with Crippen molar-refractivity contribution in [3.8, 4) is 22.6 Å². The molecule has 14 heteroatoms. The van der Waals surface area contributed by atoms with Gasteiger partial charge in [0.1, 0.15) is 17.0 Å². The van der Waals surface area contributed by atoms with Gasteiger partial charge in [-0.25, -0.2) is 9.97 Å². The quantitative estimate of drug-likeness (QED) is 0.250. The maximum absolute atomic E-state index is 12.4. The molecule has 0 saturated carbocycles. The lowest BCUT2D eigenvalue weighted by molar-refractivity contribution is -0.0525. The Morgan fingerprint density at radius 1 is 0.756 bits per heavy atom. The van der Waals surface area contributed by atoms with Crippen LogP contribution in [0.25, 0.3) is 33.2 Å². The molecule has 13 nitrogen and oxygen atoms in total. The van der Waals surface area contributed by atoms with E-state index in [1.165, 1.54) is 12.4 Å². The molecule has 5 aromatic rings. The Hall–Kier alpha value is -4.21. The highest BCUT2D eigenvalue weighted by molar-refractivity contribution is 9.10. The number of hydrogen-bond donors (Lipinski definition) is 0. The molecule has 0 bridgehead atoms. The topological polar surface area (TPSA) is 138 Å². The van der Waals surface area contributed by atoms with Crippen molar-refractivity contribution < 1.29 is 28.4 Å². The lowest BCUT2D eigenvalue weighted by Gasteiger charge is -2.16. The second kappa shape index (κ2) is 13.8. The van der Waals surface area contributed by atoms with Crippen molar-refractivity contribution in [2.75, 3.05) is 40.6 Å². The van der Waals surface area contributed by atoms with Gasteiger partial charge in [-0.2, -0.15) is 0 Å². The standard InChI is InChI=1S/C18H17N3O4.C13H13BrN2O4/c1-23-13-8-14(12-2-4-19-5-3-12)18-15(9-13)21(16(22)10-20-18)11-17-24-6-7-25-17;1-18-8-4-9(14)13-10(5-8)16(11(17)6-15-13)7-12-19-2-3-20-12/h2-5,8-10,17H,6-7,11H2,1H3;4-6,12H,2-3,7H2,1H3. The Morgan fingerprint density at radius 2 is 1.24 bits per heavy atom. The van der Waals surface area contributed by atoms with Gasteiger partial charge < -0.3 is 37.6 Å². The molecule has 2 aliphatic heterocycles. The summed E-state index contributed by atoms with van der Waals surface area (Å²) in [5.41, 5.74) is 4.19. The molecule has 0 amide bonds. The Balaban J connectivity index is 0.000000163. The first-order chi connectivity index (χ1) is 21.9. The third-order valence-electron chi connectivity index (χ3n) is 7.31. The molecule has 2 fully saturated rings. The molecule has 0 unspecified atom stereocenters. The molecule has 0 atom stereocenters. The average Bonchev–Trinajstić information content (AvgIpc) is 3.79. The van der Waals surface area contributed by atoms with Gasteiger partial charge in [0.05, 0.1) is 82.7 Å². The van der Waals surface area contributed by atoms with Crippen LogP contribution in [0.4, 0.5) is 0 Å². The summed E-state index contributed by atoms with van der Waals surface area (Å²) in [6, 6.07) is 11.1. The van der Waals surface area contributed by atoms with Crippen LogP contribution in [0.5, 0.6) is 11.5 Å². The van der Waals surface area contributed by atoms with Crippen molar-refractivity contribution in [1.82, 2.24) is 24.1 Å². The van der Waals surface area contributed by atoms with E-state index in [4.69, 9.17) is 28.4 Å². The monoisotopic (exact) mass is 679 g/mol. The fourth-order valence-corrected chi connectivity index (χ4v) is 5.66. The molecule has 7 rings (SSSR count). The van der Waals surface area contributed by atoms with E-state index in [0.717, 1.165) is 15.6 Å². The van der Waals surface area contributed by atoms with E-state index >= 15 is 0 Å². The normalized spacial score (nSPS) is 15.4. The number of nitrogens with zero attached hydrogens (tertiary/aromatic N) is 5. The predicted octanol–water partition coefficient (Wildman–Crippen LogP) is 3.38. The van der Waals surface area contributed by atoms with E-state index in [1.54, 1.807) is 41.8 Å². The molecular formula is C31H30BrN5O8. The number of methoxy groups -OCH3 is 2. The fraction of sp³-hybridized carbons (Fsp3) is 0.323. The second-order valence-corrected chi connectivity index (χ2v) is 10.9. The second-order valence-electron chi connectivity index (χ2n) is 10.0. The van der Waals surface area contributed by atoms with Gasteiger partial charge in [-0.15, -0.1) is 0 Å². The Kier molecular flexibility index (Phi) is 9.47. The molecule has 2 aromatic carbocycles. The van der Waals surface area contributed by atoms with Gasteiger partial charge in [0, 0.05) is 34.6 Å². The van der Waals surface area contributed by atoms with E-state index < -0.39 is 12.6 Å². The Morgan fingerprint density at radius 3 is 1.78 bits per heavy atom. The number of hydrogen-bond acceptors (Lipinski definition) is 11. The summed E-state index contributed by atoms with van der Waals surface area (Å²) in [7, 11) is 3.18. The molecule has 0 spiro atoms. The number of halogens is 1. The van der Waals surface area contributed by atoms with Crippen LogP contribution in [0.15, 0.2) is 75.2 Å². The van der Waals surface area contributed by atoms with Crippen LogP contribution in [0, 0.1) is 0 Å². The Labute approximate surface area is 265 Å². The number of ether oxygens (including phenoxy) is 6. The molecule has 0 aliphatic carbocycles. The first-order valence-electron chi connectivity index (χ1n) is 14.1. The van der Waals surface area contributed by atoms with Crippen LogP contribution in [-0.4, -0.2) is 77.3 Å². The third-order valence-corrected chi connectivity index (χ3v) is 7.91. The van der Waals surface area contributed by atoms with Gasteiger partial charge in [-0.1, -0.05) is 0 Å². The molecule has 2 aliphatic rings. The maximum Gasteiger partial charge on any atom is 0.269 e. The van der Waals surface area contributed by atoms with Crippen molar-refractivity contribution in [2.24, 2.45) is 0 Å². The zero-order chi connectivity index (χ0) is 31.3. The number of rotatable bonds is 7. The summed E-state index contributed by atoms with van der Waals surface area (Å²) in [5, 5.41) is 0. The van der Waals surface area contributed by atoms with E-state index in [-0.39, 0.29) is 11.1 Å². The van der Waals surface area contributed by atoms with Crippen LogP contribution in [-0.2, 0) is 32.0 Å². The SMILES string of the molecule is COc1cc(-c2ccncc2)c2ncc(=O)n(CC3OCCO3)c2c1.COc1cc(Br)c2ncc(=O)n(CC3OCCO3)c2c1. The maximum atomic E-state index is 12.4. The highest BCUT2D eigenvalue weighted by atomic mass is 79.9. The van der Waals surface area contributed by atoms with E-state index in [2.05, 4.69) is 30.9 Å². The first kappa shape index (κ1) is 30.8. The predicted molar refractivity (Wildman–Crippen MR) is 167 cm³/mol. The molecule has 5 heterocycles. The zero-order valence-electron chi connectivity index (χ0n) is 24.6.